The van der Waals surface area contributed by atoms with Crippen LogP contribution in [0.4, 0.5) is 0 Å². The van der Waals surface area contributed by atoms with Gasteiger partial charge in [0.05, 0.1) is 18.1 Å². The van der Waals surface area contributed by atoms with Crippen LogP contribution in [0, 0.1) is 45.3 Å². The average Bonchev–Trinajstić information content (AvgIpc) is 2.75. The van der Waals surface area contributed by atoms with Gasteiger partial charge in [0.1, 0.15) is 5.60 Å². The van der Waals surface area contributed by atoms with Gasteiger partial charge in [-0.3, -0.25) is 9.59 Å². The van der Waals surface area contributed by atoms with E-state index in [1.165, 1.54) is 0 Å². The normalized spacial score (nSPS) is 55.6. The Morgan fingerprint density at radius 3 is 2.62 bits per heavy atom. The van der Waals surface area contributed by atoms with Gasteiger partial charge in [0.15, 0.2) is 11.6 Å². The zero-order valence-electron chi connectivity index (χ0n) is 18.0. The molecule has 5 aliphatic carbocycles. The van der Waals surface area contributed by atoms with E-state index in [9.17, 15) is 14.7 Å². The van der Waals surface area contributed by atoms with E-state index in [4.69, 9.17) is 4.74 Å². The molecule has 2 aliphatic heterocycles. The summed E-state index contributed by atoms with van der Waals surface area (Å²) in [6, 6.07) is 0. The molecule has 0 aromatic rings. The Bertz CT molecular complexity index is 912. The smallest absolute Gasteiger partial charge is 0.168 e. The van der Waals surface area contributed by atoms with Crippen LogP contribution >= 0.6 is 0 Å². The van der Waals surface area contributed by atoms with Crippen molar-refractivity contribution in [3.63, 3.8) is 0 Å². The number of aliphatic hydroxyl groups is 1. The van der Waals surface area contributed by atoms with Gasteiger partial charge in [-0.2, -0.15) is 0 Å². The molecule has 2 heterocycles. The fourth-order valence-corrected chi connectivity index (χ4v) is 9.61. The summed E-state index contributed by atoms with van der Waals surface area (Å²) < 4.78 is 6.71. The molecular formula is C25H32O4. The maximum Gasteiger partial charge on any atom is 0.168 e. The molecule has 2 saturated heterocycles. The third kappa shape index (κ3) is 1.61. The molecule has 7 rings (SSSR count). The number of ether oxygens (including phenoxy) is 1. The van der Waals surface area contributed by atoms with Crippen LogP contribution in [-0.2, 0) is 14.3 Å². The van der Waals surface area contributed by atoms with E-state index in [2.05, 4.69) is 20.4 Å². The molecule has 8 atom stereocenters. The van der Waals surface area contributed by atoms with Crippen molar-refractivity contribution in [1.29, 1.82) is 0 Å². The van der Waals surface area contributed by atoms with Crippen molar-refractivity contribution >= 4 is 11.6 Å². The van der Waals surface area contributed by atoms with Crippen LogP contribution in [0.2, 0.25) is 0 Å². The average molecular weight is 397 g/mol. The Hall–Kier alpha value is -1.26. The summed E-state index contributed by atoms with van der Waals surface area (Å²) in [5.41, 5.74) is -1.98. The first-order valence-electron chi connectivity index (χ1n) is 11.2. The lowest BCUT2D eigenvalue weighted by Gasteiger charge is -2.77. The summed E-state index contributed by atoms with van der Waals surface area (Å²) in [6.45, 7) is 13.2. The van der Waals surface area contributed by atoms with Gasteiger partial charge in [-0.1, -0.05) is 40.3 Å². The fraction of sp³-hybridized carbons (Fsp3) is 0.760. The predicted octanol–water partition coefficient (Wildman–Crippen LogP) is 3.49. The van der Waals surface area contributed by atoms with E-state index in [1.807, 2.05) is 19.9 Å². The third-order valence-corrected chi connectivity index (χ3v) is 10.3. The summed E-state index contributed by atoms with van der Waals surface area (Å²) in [7, 11) is 0. The topological polar surface area (TPSA) is 63.6 Å². The van der Waals surface area contributed by atoms with Crippen LogP contribution < -0.4 is 0 Å². The molecule has 0 aromatic carbocycles. The van der Waals surface area contributed by atoms with Crippen LogP contribution in [0.3, 0.4) is 0 Å². The van der Waals surface area contributed by atoms with Gasteiger partial charge in [0.25, 0.3) is 0 Å². The number of ketones is 2. The van der Waals surface area contributed by atoms with Crippen molar-refractivity contribution in [2.45, 2.75) is 65.1 Å². The number of carbonyl (C=O) groups is 2. The van der Waals surface area contributed by atoms with Gasteiger partial charge in [-0.15, -0.1) is 0 Å². The van der Waals surface area contributed by atoms with Crippen LogP contribution in [0.1, 0.15) is 53.4 Å². The number of Topliss-reactive ketones (excluding diaryl/α,β-unsaturated/α-hetero) is 1. The zero-order valence-corrected chi connectivity index (χ0v) is 18.0. The van der Waals surface area contributed by atoms with Crippen molar-refractivity contribution in [3.8, 4) is 0 Å². The van der Waals surface area contributed by atoms with Gasteiger partial charge in [-0.05, 0) is 60.5 Å². The van der Waals surface area contributed by atoms with Crippen molar-refractivity contribution in [2.24, 2.45) is 45.3 Å². The highest BCUT2D eigenvalue weighted by Gasteiger charge is 2.86. The largest absolute Gasteiger partial charge is 0.390 e. The minimum absolute atomic E-state index is 0.0316. The molecule has 7 aliphatic rings. The molecule has 0 amide bonds. The minimum Gasteiger partial charge on any atom is -0.390 e. The molecule has 3 spiro atoms. The van der Waals surface area contributed by atoms with E-state index in [1.54, 1.807) is 6.08 Å². The Balaban J connectivity index is 1.69. The van der Waals surface area contributed by atoms with E-state index in [-0.39, 0.29) is 40.7 Å². The lowest BCUT2D eigenvalue weighted by molar-refractivity contribution is -0.380. The summed E-state index contributed by atoms with van der Waals surface area (Å²) in [6.07, 6.45) is 6.50. The van der Waals surface area contributed by atoms with E-state index in [0.717, 1.165) is 24.8 Å². The number of rotatable bonds is 0. The molecule has 0 radical (unpaired) electrons. The maximum atomic E-state index is 14.0. The Labute approximate surface area is 172 Å². The van der Waals surface area contributed by atoms with Crippen molar-refractivity contribution in [3.05, 3.63) is 24.3 Å². The summed E-state index contributed by atoms with van der Waals surface area (Å²) in [5.74, 6) is 0.529. The van der Waals surface area contributed by atoms with Gasteiger partial charge >= 0.3 is 0 Å². The van der Waals surface area contributed by atoms with E-state index >= 15 is 0 Å². The number of fused-ring (bicyclic) bond motifs is 1. The van der Waals surface area contributed by atoms with Gasteiger partial charge in [-0.25, -0.2) is 0 Å². The second-order valence-corrected chi connectivity index (χ2v) is 12.2. The monoisotopic (exact) mass is 396 g/mol. The number of hydrogen-bond acceptors (Lipinski definition) is 4. The van der Waals surface area contributed by atoms with Gasteiger partial charge < -0.3 is 9.84 Å². The Morgan fingerprint density at radius 2 is 1.90 bits per heavy atom. The Morgan fingerprint density at radius 1 is 1.17 bits per heavy atom. The summed E-state index contributed by atoms with van der Waals surface area (Å²) in [5, 5.41) is 12.0. The minimum atomic E-state index is -0.908. The molecule has 6 fully saturated rings. The predicted molar refractivity (Wildman–Crippen MR) is 108 cm³/mol. The highest BCUT2D eigenvalue weighted by Crippen LogP contribution is 2.81. The van der Waals surface area contributed by atoms with Crippen LogP contribution in [0.5, 0.6) is 0 Å². The van der Waals surface area contributed by atoms with Gasteiger partial charge in [0.2, 0.25) is 0 Å². The molecule has 156 valence electrons. The summed E-state index contributed by atoms with van der Waals surface area (Å²) >= 11 is 0. The standard InChI is InChI=1S/C25H32O4/c1-13-14-6-7-16-23-9-8-17(26)22(4,5)18(23)20(28)24(29-12-23)11-21(2,3)10-15(14)25(16,24)19(13)27/h8-9,14-16,18,20,28H,1,6-7,10-12H2,2-5H3/t14-,15+,16-,18+,20-,23+,24+,25-/m0/s1. The summed E-state index contributed by atoms with van der Waals surface area (Å²) in [4.78, 5) is 26.9. The first-order chi connectivity index (χ1) is 13.5. The second-order valence-electron chi connectivity index (χ2n) is 12.2. The molecule has 29 heavy (non-hydrogen) atoms. The zero-order chi connectivity index (χ0) is 20.8. The van der Waals surface area contributed by atoms with E-state index < -0.39 is 27.9 Å². The van der Waals surface area contributed by atoms with Gasteiger partial charge in [0, 0.05) is 16.7 Å². The fourth-order valence-electron chi connectivity index (χ4n) is 9.61. The molecule has 4 saturated carbocycles. The van der Waals surface area contributed by atoms with Crippen LogP contribution in [0.15, 0.2) is 24.3 Å². The molecule has 4 bridgehead atoms. The molecule has 4 nitrogen and oxygen atoms in total. The molecule has 4 heteroatoms. The third-order valence-electron chi connectivity index (χ3n) is 10.3. The van der Waals surface area contributed by atoms with Crippen molar-refractivity contribution in [1.82, 2.24) is 0 Å². The lowest BCUT2D eigenvalue weighted by atomic mass is 9.31. The number of carbonyl (C=O) groups excluding carboxylic acids is 2. The SMILES string of the molecule is C=C1C(=O)[C@@]23[C@@H]4CC(C)(C)C[C@]25OC[C@]2(C=CC(=O)C(C)(C)[C@H]2[C@@H]5O)[C@@H]3CC[C@@H]14. The molecular weight excluding hydrogens is 364 g/mol. The first kappa shape index (κ1) is 18.5. The van der Waals surface area contributed by atoms with Crippen molar-refractivity contribution in [2.75, 3.05) is 6.61 Å². The molecule has 0 aromatic heterocycles. The van der Waals surface area contributed by atoms with Crippen molar-refractivity contribution < 1.29 is 19.4 Å². The van der Waals surface area contributed by atoms with Crippen LogP contribution in [-0.4, -0.2) is 35.0 Å². The number of allylic oxidation sites excluding steroid dienone is 2. The highest BCUT2D eigenvalue weighted by molar-refractivity contribution is 6.05. The Kier molecular flexibility index (Phi) is 3.06. The van der Waals surface area contributed by atoms with E-state index in [0.29, 0.717) is 13.0 Å². The molecule has 0 unspecified atom stereocenters. The highest BCUT2D eigenvalue weighted by atomic mass is 16.5. The lowest BCUT2D eigenvalue weighted by Crippen LogP contribution is -2.84. The first-order valence-corrected chi connectivity index (χ1v) is 11.2. The number of hydrogen-bond donors (Lipinski definition) is 1. The number of aliphatic hydroxyl groups excluding tert-OH is 1. The second kappa shape index (κ2) is 4.80. The quantitative estimate of drug-likeness (QED) is 0.637. The van der Waals surface area contributed by atoms with Crippen LogP contribution in [0.25, 0.3) is 0 Å². The molecule has 1 N–H and O–H groups in total. The maximum absolute atomic E-state index is 14.0.